The van der Waals surface area contributed by atoms with Crippen molar-refractivity contribution in [2.24, 2.45) is 0 Å². The maximum Gasteiger partial charge on any atom is 0.135 e. The predicted octanol–water partition coefficient (Wildman–Crippen LogP) is 6.76. The summed E-state index contributed by atoms with van der Waals surface area (Å²) in [6.45, 7) is 12.4. The van der Waals surface area contributed by atoms with E-state index in [2.05, 4.69) is 38.1 Å². The van der Waals surface area contributed by atoms with Crippen LogP contribution in [-0.4, -0.2) is 0 Å². The molecule has 0 fully saturated rings. The van der Waals surface area contributed by atoms with Gasteiger partial charge in [0.05, 0.1) is 0 Å². The Balaban J connectivity index is 0.000000461. The Morgan fingerprint density at radius 2 is 1.35 bits per heavy atom. The van der Waals surface area contributed by atoms with Gasteiger partial charge in [-0.25, -0.2) is 0 Å². The van der Waals surface area contributed by atoms with Gasteiger partial charge in [-0.15, -0.1) is 0 Å². The van der Waals surface area contributed by atoms with Crippen molar-refractivity contribution in [3.63, 3.8) is 0 Å². The van der Waals surface area contributed by atoms with Crippen LogP contribution in [0, 0.1) is 0 Å². The minimum atomic E-state index is 0.539. The normalized spacial score (nSPS) is 9.95. The van der Waals surface area contributed by atoms with E-state index in [0.717, 1.165) is 11.2 Å². The molecule has 2 aromatic carbocycles. The van der Waals surface area contributed by atoms with Gasteiger partial charge in [0, 0.05) is 10.8 Å². The molecule has 0 radical (unpaired) electrons. The van der Waals surface area contributed by atoms with E-state index in [9.17, 15) is 0 Å². The summed E-state index contributed by atoms with van der Waals surface area (Å²) in [7, 11) is 0. The number of para-hydroxylation sites is 1. The molecule has 0 bridgehead atoms. The number of rotatable bonds is 1. The summed E-state index contributed by atoms with van der Waals surface area (Å²) >= 11 is 0. The maximum absolute atomic E-state index is 5.84. The summed E-state index contributed by atoms with van der Waals surface area (Å²) in [4.78, 5) is 0. The largest absolute Gasteiger partial charge is 0.456 e. The van der Waals surface area contributed by atoms with Gasteiger partial charge in [-0.3, -0.25) is 0 Å². The Morgan fingerprint density at radius 1 is 0.750 bits per heavy atom. The van der Waals surface area contributed by atoms with Crippen molar-refractivity contribution >= 4 is 21.9 Å². The van der Waals surface area contributed by atoms with E-state index in [1.165, 1.54) is 16.3 Å². The fourth-order valence-corrected chi connectivity index (χ4v) is 2.10. The molecule has 0 aliphatic heterocycles. The van der Waals surface area contributed by atoms with Gasteiger partial charge < -0.3 is 4.42 Å². The zero-order chi connectivity index (χ0) is 15.1. The van der Waals surface area contributed by atoms with E-state index in [1.807, 2.05) is 45.9 Å². The molecule has 20 heavy (non-hydrogen) atoms. The zero-order valence-electron chi connectivity index (χ0n) is 13.5. The second kappa shape index (κ2) is 7.74. The number of hydrogen-bond acceptors (Lipinski definition) is 1. The number of hydrogen-bond donors (Lipinski definition) is 0. The van der Waals surface area contributed by atoms with Crippen LogP contribution in [0.2, 0.25) is 0 Å². The van der Waals surface area contributed by atoms with Crippen LogP contribution in [0.3, 0.4) is 0 Å². The first-order chi connectivity index (χ1) is 9.75. The van der Waals surface area contributed by atoms with E-state index in [1.54, 1.807) is 0 Å². The van der Waals surface area contributed by atoms with Gasteiger partial charge in [-0.1, -0.05) is 71.9 Å². The Labute approximate surface area is 122 Å². The first kappa shape index (κ1) is 16.3. The van der Waals surface area contributed by atoms with Gasteiger partial charge in [0.15, 0.2) is 0 Å². The van der Waals surface area contributed by atoms with Crippen LogP contribution in [0.25, 0.3) is 21.9 Å². The lowest BCUT2D eigenvalue weighted by atomic mass is 10.0. The highest BCUT2D eigenvalue weighted by Gasteiger charge is 2.07. The molecule has 0 atom stereocenters. The van der Waals surface area contributed by atoms with Gasteiger partial charge in [-0.05, 0) is 23.6 Å². The lowest BCUT2D eigenvalue weighted by Crippen LogP contribution is -1.84. The molecule has 1 nitrogen and oxygen atoms in total. The van der Waals surface area contributed by atoms with Crippen molar-refractivity contribution < 1.29 is 4.42 Å². The molecule has 0 saturated heterocycles. The Hall–Kier alpha value is -1.76. The van der Waals surface area contributed by atoms with Gasteiger partial charge in [0.1, 0.15) is 11.2 Å². The van der Waals surface area contributed by atoms with Gasteiger partial charge in [0.25, 0.3) is 0 Å². The van der Waals surface area contributed by atoms with Crippen LogP contribution in [0.4, 0.5) is 0 Å². The van der Waals surface area contributed by atoms with Crippen molar-refractivity contribution in [2.75, 3.05) is 0 Å². The third kappa shape index (κ3) is 3.22. The molecular formula is C19H26O. The van der Waals surface area contributed by atoms with E-state index >= 15 is 0 Å². The van der Waals surface area contributed by atoms with Crippen molar-refractivity contribution in [3.05, 3.63) is 48.0 Å². The minimum Gasteiger partial charge on any atom is -0.456 e. The lowest BCUT2D eigenvalue weighted by Gasteiger charge is -2.03. The van der Waals surface area contributed by atoms with E-state index < -0.39 is 0 Å². The highest BCUT2D eigenvalue weighted by molar-refractivity contribution is 6.04. The van der Waals surface area contributed by atoms with Crippen LogP contribution in [0.1, 0.15) is 53.0 Å². The summed E-state index contributed by atoms with van der Waals surface area (Å²) in [5.74, 6) is 0.539. The molecule has 1 heteroatoms. The summed E-state index contributed by atoms with van der Waals surface area (Å²) in [5.41, 5.74) is 3.29. The molecule has 1 aromatic heterocycles. The standard InChI is InChI=1S/C15H14O.2C2H6/c1-10(2)11-7-8-13-12-5-3-4-6-14(12)16-15(13)9-11;2*1-2/h3-10H,1-2H3;2*1-2H3. The van der Waals surface area contributed by atoms with Gasteiger partial charge >= 0.3 is 0 Å². The zero-order valence-corrected chi connectivity index (χ0v) is 13.5. The van der Waals surface area contributed by atoms with Gasteiger partial charge in [0.2, 0.25) is 0 Å². The van der Waals surface area contributed by atoms with E-state index in [-0.39, 0.29) is 0 Å². The molecule has 0 unspecified atom stereocenters. The Bertz CT molecular complexity index is 647. The molecule has 0 amide bonds. The highest BCUT2D eigenvalue weighted by atomic mass is 16.3. The first-order valence-corrected chi connectivity index (χ1v) is 7.67. The maximum atomic E-state index is 5.84. The van der Waals surface area contributed by atoms with Crippen molar-refractivity contribution in [1.29, 1.82) is 0 Å². The molecule has 0 aliphatic carbocycles. The van der Waals surface area contributed by atoms with E-state index in [4.69, 9.17) is 4.42 Å². The minimum absolute atomic E-state index is 0.539. The molecule has 3 rings (SSSR count). The smallest absolute Gasteiger partial charge is 0.135 e. The van der Waals surface area contributed by atoms with Crippen molar-refractivity contribution in [2.45, 2.75) is 47.5 Å². The monoisotopic (exact) mass is 270 g/mol. The Morgan fingerprint density at radius 3 is 2.00 bits per heavy atom. The number of fused-ring (bicyclic) bond motifs is 3. The van der Waals surface area contributed by atoms with Crippen LogP contribution in [0.5, 0.6) is 0 Å². The summed E-state index contributed by atoms with van der Waals surface area (Å²) in [6.07, 6.45) is 0. The van der Waals surface area contributed by atoms with Crippen molar-refractivity contribution in [1.82, 2.24) is 0 Å². The second-order valence-corrected chi connectivity index (χ2v) is 4.51. The highest BCUT2D eigenvalue weighted by Crippen LogP contribution is 2.30. The third-order valence-corrected chi connectivity index (χ3v) is 3.07. The summed E-state index contributed by atoms with van der Waals surface area (Å²) in [6, 6.07) is 14.7. The van der Waals surface area contributed by atoms with Gasteiger partial charge in [-0.2, -0.15) is 0 Å². The number of benzene rings is 2. The molecule has 0 N–H and O–H groups in total. The fourth-order valence-electron chi connectivity index (χ4n) is 2.10. The molecule has 0 saturated carbocycles. The topological polar surface area (TPSA) is 13.1 Å². The molecule has 0 aliphatic rings. The lowest BCUT2D eigenvalue weighted by molar-refractivity contribution is 0.667. The summed E-state index contributed by atoms with van der Waals surface area (Å²) in [5, 5.41) is 2.41. The van der Waals surface area contributed by atoms with Crippen LogP contribution in [0.15, 0.2) is 46.9 Å². The van der Waals surface area contributed by atoms with Crippen LogP contribution in [-0.2, 0) is 0 Å². The molecule has 108 valence electrons. The predicted molar refractivity (Wildman–Crippen MR) is 90.5 cm³/mol. The molecule has 0 spiro atoms. The van der Waals surface area contributed by atoms with Crippen molar-refractivity contribution in [3.8, 4) is 0 Å². The second-order valence-electron chi connectivity index (χ2n) is 4.51. The quantitative estimate of drug-likeness (QED) is 0.476. The first-order valence-electron chi connectivity index (χ1n) is 7.67. The average Bonchev–Trinajstić information content (AvgIpc) is 2.89. The molecule has 3 aromatic rings. The fraction of sp³-hybridized carbons (Fsp3) is 0.368. The van der Waals surface area contributed by atoms with Crippen LogP contribution >= 0.6 is 0 Å². The molecular weight excluding hydrogens is 244 g/mol. The van der Waals surface area contributed by atoms with Crippen LogP contribution < -0.4 is 0 Å². The molecule has 1 heterocycles. The Kier molecular flexibility index (Phi) is 6.30. The average molecular weight is 270 g/mol. The van der Waals surface area contributed by atoms with E-state index in [0.29, 0.717) is 5.92 Å². The number of furan rings is 1. The summed E-state index contributed by atoms with van der Waals surface area (Å²) < 4.78 is 5.84. The third-order valence-electron chi connectivity index (χ3n) is 3.07. The SMILES string of the molecule is CC.CC.CC(C)c1ccc2c(c1)oc1ccccc12.